The van der Waals surface area contributed by atoms with E-state index in [9.17, 15) is 14.0 Å². The number of carbonyl (C=O) groups is 2. The Bertz CT molecular complexity index is 1790. The van der Waals surface area contributed by atoms with E-state index in [1.54, 1.807) is 20.2 Å². The van der Waals surface area contributed by atoms with Crippen molar-refractivity contribution in [2.24, 2.45) is 11.7 Å². The number of methoxy groups -OCH3 is 1. The molecule has 7 rings (SSSR count). The number of pyridine rings is 1. The molecule has 3 aromatic heterocycles. The number of rotatable bonds is 7. The van der Waals surface area contributed by atoms with Crippen LogP contribution < -0.4 is 5.73 Å². The number of ether oxygens (including phenoxy) is 1. The van der Waals surface area contributed by atoms with Crippen LogP contribution in [0.15, 0.2) is 36.5 Å². The molecule has 2 N–H and O–H groups in total. The van der Waals surface area contributed by atoms with Crippen LogP contribution in [0, 0.1) is 18.7 Å². The molecular formula is C35H42F2N6O3. The van der Waals surface area contributed by atoms with E-state index >= 15 is 4.39 Å². The van der Waals surface area contributed by atoms with Gasteiger partial charge >= 0.3 is 0 Å². The number of hydrogen-bond donors (Lipinski definition) is 1. The highest BCUT2D eigenvalue weighted by Gasteiger charge is 2.32. The molecule has 46 heavy (non-hydrogen) atoms. The number of nitrogens with two attached hydrogens (primary N) is 1. The number of alkyl halides is 1. The van der Waals surface area contributed by atoms with Crippen LogP contribution in [0.5, 0.6) is 0 Å². The van der Waals surface area contributed by atoms with Crippen LogP contribution in [0.1, 0.15) is 66.4 Å². The Labute approximate surface area is 267 Å². The number of nitrogens with zero attached hydrogens (tertiary/aromatic N) is 5. The van der Waals surface area contributed by atoms with E-state index in [2.05, 4.69) is 28.8 Å². The Hall–Kier alpha value is -3.83. The maximum atomic E-state index is 15.7. The number of aromatic nitrogens is 3. The maximum absolute atomic E-state index is 15.7. The minimum absolute atomic E-state index is 0.0316. The second-order valence-corrected chi connectivity index (χ2v) is 13.5. The van der Waals surface area contributed by atoms with E-state index in [0.29, 0.717) is 41.7 Å². The van der Waals surface area contributed by atoms with Crippen LogP contribution in [0.3, 0.4) is 0 Å². The SMILES string of the molecule is CO[C@H](C)C(=O)N1CCC(c2cccc3cc(-c4nn5cc(C(=O)N6C[C@H](N)C[C@@H](F)C6)cc(F)c5c4C)n(CC4CC4)c23)CC1. The minimum atomic E-state index is -1.20. The third-order valence-electron chi connectivity index (χ3n) is 10.2. The molecule has 4 aromatic rings. The average molecular weight is 633 g/mol. The van der Waals surface area contributed by atoms with Crippen molar-refractivity contribution in [3.8, 4) is 11.4 Å². The summed E-state index contributed by atoms with van der Waals surface area (Å²) < 4.78 is 39.0. The number of amides is 2. The fourth-order valence-corrected chi connectivity index (χ4v) is 7.45. The summed E-state index contributed by atoms with van der Waals surface area (Å²) in [7, 11) is 1.56. The van der Waals surface area contributed by atoms with Gasteiger partial charge in [-0.15, -0.1) is 0 Å². The summed E-state index contributed by atoms with van der Waals surface area (Å²) in [5.41, 5.74) is 11.1. The highest BCUT2D eigenvalue weighted by atomic mass is 19.1. The van der Waals surface area contributed by atoms with Gasteiger partial charge in [0.05, 0.1) is 23.3 Å². The monoisotopic (exact) mass is 632 g/mol. The van der Waals surface area contributed by atoms with Crippen molar-refractivity contribution in [1.82, 2.24) is 24.0 Å². The summed E-state index contributed by atoms with van der Waals surface area (Å²) in [6, 6.07) is 9.34. The first kappa shape index (κ1) is 30.8. The van der Waals surface area contributed by atoms with Gasteiger partial charge < -0.3 is 24.8 Å². The lowest BCUT2D eigenvalue weighted by Gasteiger charge is -2.34. The molecule has 1 saturated carbocycles. The topological polar surface area (TPSA) is 98.1 Å². The van der Waals surface area contributed by atoms with Gasteiger partial charge in [-0.3, -0.25) is 9.59 Å². The number of hydrogen-bond acceptors (Lipinski definition) is 5. The van der Waals surface area contributed by atoms with Gasteiger partial charge in [0.25, 0.3) is 11.8 Å². The van der Waals surface area contributed by atoms with Crippen molar-refractivity contribution in [1.29, 1.82) is 0 Å². The quantitative estimate of drug-likeness (QED) is 0.307. The zero-order valence-corrected chi connectivity index (χ0v) is 26.7. The lowest BCUT2D eigenvalue weighted by molar-refractivity contribution is -0.142. The van der Waals surface area contributed by atoms with E-state index in [-0.39, 0.29) is 31.0 Å². The number of benzene rings is 1. The van der Waals surface area contributed by atoms with Crippen molar-refractivity contribution in [3.63, 3.8) is 0 Å². The van der Waals surface area contributed by atoms with Gasteiger partial charge in [-0.2, -0.15) is 5.10 Å². The molecular weight excluding hydrogens is 590 g/mol. The van der Waals surface area contributed by atoms with Crippen LogP contribution in [-0.2, 0) is 16.1 Å². The van der Waals surface area contributed by atoms with E-state index in [4.69, 9.17) is 15.6 Å². The fraction of sp³-hybridized carbons (Fsp3) is 0.514. The van der Waals surface area contributed by atoms with Gasteiger partial charge in [0, 0.05) is 56.5 Å². The second-order valence-electron chi connectivity index (χ2n) is 13.5. The molecule has 1 aliphatic carbocycles. The first-order chi connectivity index (χ1) is 22.1. The van der Waals surface area contributed by atoms with Gasteiger partial charge in [-0.1, -0.05) is 18.2 Å². The molecule has 3 fully saturated rings. The largest absolute Gasteiger partial charge is 0.372 e. The molecule has 2 amide bonds. The molecule has 0 radical (unpaired) electrons. The van der Waals surface area contributed by atoms with Crippen LogP contribution in [0.2, 0.25) is 0 Å². The highest BCUT2D eigenvalue weighted by Crippen LogP contribution is 2.41. The van der Waals surface area contributed by atoms with Crippen molar-refractivity contribution in [3.05, 3.63) is 59.0 Å². The molecule has 1 aromatic carbocycles. The summed E-state index contributed by atoms with van der Waals surface area (Å²) in [4.78, 5) is 29.3. The Kier molecular flexibility index (Phi) is 8.09. The van der Waals surface area contributed by atoms with Crippen molar-refractivity contribution >= 4 is 28.2 Å². The van der Waals surface area contributed by atoms with Crippen LogP contribution >= 0.6 is 0 Å². The van der Waals surface area contributed by atoms with Gasteiger partial charge in [0.2, 0.25) is 0 Å². The molecule has 11 heteroatoms. The van der Waals surface area contributed by atoms with Gasteiger partial charge in [0.1, 0.15) is 29.3 Å². The molecule has 3 aliphatic rings. The third-order valence-corrected chi connectivity index (χ3v) is 10.2. The molecule has 9 nitrogen and oxygen atoms in total. The van der Waals surface area contributed by atoms with E-state index in [0.717, 1.165) is 30.5 Å². The van der Waals surface area contributed by atoms with Crippen LogP contribution in [-0.4, -0.2) is 87.4 Å². The first-order valence-corrected chi connectivity index (χ1v) is 16.4. The third kappa shape index (κ3) is 5.57. The van der Waals surface area contributed by atoms with Crippen molar-refractivity contribution < 1.29 is 23.1 Å². The van der Waals surface area contributed by atoms with Crippen LogP contribution in [0.25, 0.3) is 27.8 Å². The molecule has 0 unspecified atom stereocenters. The molecule has 2 saturated heterocycles. The highest BCUT2D eigenvalue weighted by molar-refractivity contribution is 5.95. The Morgan fingerprint density at radius 1 is 1.09 bits per heavy atom. The average Bonchev–Trinajstić information content (AvgIpc) is 3.71. The first-order valence-electron chi connectivity index (χ1n) is 16.4. The number of carbonyl (C=O) groups excluding carboxylic acids is 2. The summed E-state index contributed by atoms with van der Waals surface area (Å²) >= 11 is 0. The Morgan fingerprint density at radius 3 is 2.54 bits per heavy atom. The maximum Gasteiger partial charge on any atom is 0.255 e. The van der Waals surface area contributed by atoms with E-state index in [1.165, 1.54) is 39.4 Å². The summed E-state index contributed by atoms with van der Waals surface area (Å²) in [6.07, 6.45) is 4.18. The molecule has 244 valence electrons. The zero-order chi connectivity index (χ0) is 32.3. The van der Waals surface area contributed by atoms with E-state index in [1.807, 2.05) is 11.8 Å². The van der Waals surface area contributed by atoms with Crippen molar-refractivity contribution in [2.75, 3.05) is 33.3 Å². The lowest BCUT2D eigenvalue weighted by atomic mass is 9.88. The smallest absolute Gasteiger partial charge is 0.255 e. The predicted molar refractivity (Wildman–Crippen MR) is 172 cm³/mol. The molecule has 2 aliphatic heterocycles. The van der Waals surface area contributed by atoms with E-state index < -0.39 is 30.0 Å². The molecule has 3 atom stereocenters. The minimum Gasteiger partial charge on any atom is -0.372 e. The molecule has 0 bridgehead atoms. The number of aryl methyl sites for hydroxylation is 1. The zero-order valence-electron chi connectivity index (χ0n) is 26.7. The van der Waals surface area contributed by atoms with Gasteiger partial charge in [-0.05, 0) is 75.5 Å². The standard InChI is InChI=1S/C35H42F2N6O3/c1-20-31(39-43-17-25(13-29(37)32(20)43)35(45)41-18-26(36)15-27(38)19-41)30-14-24-5-4-6-28(33(24)42(30)16-22-7-8-22)23-9-11-40(12-10-23)34(44)21(2)46-3/h4-6,13-14,17,21-23,26-27H,7-12,15-16,18-19,38H2,1-3H3/t21-,26-,27-/m1/s1. The second kappa shape index (κ2) is 12.1. The van der Waals surface area contributed by atoms with Gasteiger partial charge in [0.15, 0.2) is 0 Å². The molecule has 5 heterocycles. The number of likely N-dealkylation sites (tertiary alicyclic amines) is 2. The number of piperidine rings is 2. The molecule has 0 spiro atoms. The van der Waals surface area contributed by atoms with Crippen LogP contribution in [0.4, 0.5) is 8.78 Å². The predicted octanol–water partition coefficient (Wildman–Crippen LogP) is 5.07. The number of para-hydroxylation sites is 1. The normalized spacial score (nSPS) is 21.8. The lowest BCUT2D eigenvalue weighted by Crippen LogP contribution is -2.50. The van der Waals surface area contributed by atoms with Gasteiger partial charge in [-0.25, -0.2) is 13.3 Å². The summed E-state index contributed by atoms with van der Waals surface area (Å²) in [6.45, 7) is 6.05. The fourth-order valence-electron chi connectivity index (χ4n) is 7.45. The number of fused-ring (bicyclic) bond motifs is 2. The Balaban J connectivity index is 1.26. The Morgan fingerprint density at radius 2 is 1.85 bits per heavy atom. The number of halogens is 2. The summed E-state index contributed by atoms with van der Waals surface area (Å²) in [5, 5.41) is 5.98. The summed E-state index contributed by atoms with van der Waals surface area (Å²) in [5.74, 6) is -0.0959. The van der Waals surface area contributed by atoms with Crippen molar-refractivity contribution in [2.45, 2.75) is 76.7 Å².